The maximum atomic E-state index is 14.8. The van der Waals surface area contributed by atoms with Crippen molar-refractivity contribution in [2.75, 3.05) is 36.0 Å². The van der Waals surface area contributed by atoms with Gasteiger partial charge in [-0.1, -0.05) is 5.57 Å². The molecule has 0 aromatic heterocycles. The molecule has 4 heteroatoms. The summed E-state index contributed by atoms with van der Waals surface area (Å²) in [6.07, 6.45) is 6.78. The van der Waals surface area contributed by atoms with Gasteiger partial charge < -0.3 is 15.1 Å². The van der Waals surface area contributed by atoms with Crippen LogP contribution in [0.1, 0.15) is 32.3 Å². The van der Waals surface area contributed by atoms with Gasteiger partial charge in [-0.15, -0.1) is 0 Å². The molecule has 1 aromatic rings. The largest absolute Gasteiger partial charge is 0.367 e. The van der Waals surface area contributed by atoms with Crippen LogP contribution in [-0.2, 0) is 0 Å². The molecular formula is C19H24FN3. The second-order valence-corrected chi connectivity index (χ2v) is 6.93. The summed E-state index contributed by atoms with van der Waals surface area (Å²) in [5, 5.41) is 3.33. The molecule has 23 heavy (non-hydrogen) atoms. The average Bonchev–Trinajstić information content (AvgIpc) is 3.38. The van der Waals surface area contributed by atoms with Crippen LogP contribution in [0.4, 0.5) is 15.8 Å². The number of benzene rings is 1. The Balaban J connectivity index is 1.81. The molecule has 0 bridgehead atoms. The Kier molecular flexibility index (Phi) is 3.64. The first-order valence-corrected chi connectivity index (χ1v) is 8.59. The van der Waals surface area contributed by atoms with Gasteiger partial charge >= 0.3 is 0 Å². The molecule has 2 fully saturated rings. The highest BCUT2D eigenvalue weighted by atomic mass is 19.1. The number of piperazine rings is 1. The van der Waals surface area contributed by atoms with Gasteiger partial charge in [0.15, 0.2) is 0 Å². The monoisotopic (exact) mass is 313 g/mol. The minimum Gasteiger partial charge on any atom is -0.367 e. The summed E-state index contributed by atoms with van der Waals surface area (Å²) in [6.45, 7) is 7.76. The molecule has 0 spiro atoms. The first-order chi connectivity index (χ1) is 11.1. The molecule has 3 nitrogen and oxygen atoms in total. The van der Waals surface area contributed by atoms with Gasteiger partial charge in [-0.25, -0.2) is 4.39 Å². The highest BCUT2D eigenvalue weighted by Gasteiger charge is 2.32. The van der Waals surface area contributed by atoms with Crippen LogP contribution in [0.2, 0.25) is 0 Å². The summed E-state index contributed by atoms with van der Waals surface area (Å²) in [4.78, 5) is 4.50. The van der Waals surface area contributed by atoms with Crippen LogP contribution >= 0.6 is 0 Å². The second-order valence-electron chi connectivity index (χ2n) is 6.93. The van der Waals surface area contributed by atoms with Crippen molar-refractivity contribution in [1.29, 1.82) is 0 Å². The predicted octanol–water partition coefficient (Wildman–Crippen LogP) is 3.52. The Labute approximate surface area is 137 Å². The lowest BCUT2D eigenvalue weighted by atomic mass is 9.95. The van der Waals surface area contributed by atoms with E-state index in [-0.39, 0.29) is 5.82 Å². The summed E-state index contributed by atoms with van der Waals surface area (Å²) >= 11 is 0. The Hall–Kier alpha value is -1.81. The van der Waals surface area contributed by atoms with Gasteiger partial charge in [-0.05, 0) is 50.5 Å². The normalized spacial score (nSPS) is 20.7. The second kappa shape index (κ2) is 5.68. The number of halogens is 1. The smallest absolute Gasteiger partial charge is 0.147 e. The fourth-order valence-corrected chi connectivity index (χ4v) is 3.56. The molecule has 3 aliphatic rings. The summed E-state index contributed by atoms with van der Waals surface area (Å²) in [7, 11) is 0. The van der Waals surface area contributed by atoms with Crippen molar-refractivity contribution in [3.63, 3.8) is 0 Å². The number of nitrogens with zero attached hydrogens (tertiary/aromatic N) is 2. The summed E-state index contributed by atoms with van der Waals surface area (Å²) in [6, 6.07) is 4.40. The minimum atomic E-state index is -0.101. The van der Waals surface area contributed by atoms with E-state index in [4.69, 9.17) is 0 Å². The standard InChI is InChI=1S/C19H24FN3/c1-13(2)15-5-8-23(14-3-4-14)18-12-19(17(20)11-16(15)18)22-9-6-21-7-10-22/h5,8,11-12,14,21H,3-4,6-7,9-10H2,1-2H3. The van der Waals surface area contributed by atoms with Crippen molar-refractivity contribution < 1.29 is 4.39 Å². The third-order valence-corrected chi connectivity index (χ3v) is 4.97. The van der Waals surface area contributed by atoms with E-state index in [0.717, 1.165) is 43.0 Å². The number of allylic oxidation sites excluding steroid dienone is 3. The maximum Gasteiger partial charge on any atom is 0.147 e. The van der Waals surface area contributed by atoms with Crippen molar-refractivity contribution in [2.24, 2.45) is 0 Å². The van der Waals surface area contributed by atoms with Gasteiger partial charge in [-0.3, -0.25) is 0 Å². The highest BCUT2D eigenvalue weighted by Crippen LogP contribution is 2.43. The first kappa shape index (κ1) is 14.8. The highest BCUT2D eigenvalue weighted by molar-refractivity contribution is 5.89. The van der Waals surface area contributed by atoms with E-state index >= 15 is 0 Å². The molecule has 0 radical (unpaired) electrons. The third kappa shape index (κ3) is 2.65. The van der Waals surface area contributed by atoms with Crippen molar-refractivity contribution in [3.05, 3.63) is 41.4 Å². The number of nitrogens with one attached hydrogen (secondary N) is 1. The number of anilines is 2. The van der Waals surface area contributed by atoms with Gasteiger partial charge in [-0.2, -0.15) is 0 Å². The molecule has 1 N–H and O–H groups in total. The minimum absolute atomic E-state index is 0.101. The topological polar surface area (TPSA) is 18.5 Å². The molecule has 122 valence electrons. The fourth-order valence-electron chi connectivity index (χ4n) is 3.56. The van der Waals surface area contributed by atoms with Crippen molar-refractivity contribution in [3.8, 4) is 0 Å². The summed E-state index contributed by atoms with van der Waals surface area (Å²) in [5.41, 5.74) is 5.34. The van der Waals surface area contributed by atoms with Gasteiger partial charge in [0.2, 0.25) is 0 Å². The lowest BCUT2D eigenvalue weighted by Crippen LogP contribution is -2.44. The zero-order valence-electron chi connectivity index (χ0n) is 13.9. The Morgan fingerprint density at radius 3 is 2.52 bits per heavy atom. The zero-order chi connectivity index (χ0) is 16.0. The van der Waals surface area contributed by atoms with Crippen LogP contribution in [0.25, 0.3) is 5.57 Å². The number of hydrogen-bond acceptors (Lipinski definition) is 3. The fraction of sp³-hybridized carbons (Fsp3) is 0.474. The van der Waals surface area contributed by atoms with Crippen molar-refractivity contribution in [1.82, 2.24) is 5.32 Å². The SMILES string of the molecule is CC(C)=C1C=CN(C2CC2)c2cc(N3CCNCC3)c(F)cc21. The van der Waals surface area contributed by atoms with E-state index in [1.807, 2.05) is 0 Å². The van der Waals surface area contributed by atoms with E-state index < -0.39 is 0 Å². The molecular weight excluding hydrogens is 289 g/mol. The van der Waals surface area contributed by atoms with Crippen LogP contribution < -0.4 is 15.1 Å². The summed E-state index contributed by atoms with van der Waals surface area (Å²) in [5.74, 6) is -0.101. The molecule has 0 amide bonds. The van der Waals surface area contributed by atoms with Crippen molar-refractivity contribution in [2.45, 2.75) is 32.7 Å². The molecule has 1 saturated heterocycles. The lowest BCUT2D eigenvalue weighted by Gasteiger charge is -2.33. The maximum absolute atomic E-state index is 14.8. The third-order valence-electron chi connectivity index (χ3n) is 4.97. The molecule has 1 aromatic carbocycles. The Morgan fingerprint density at radius 1 is 1.13 bits per heavy atom. The number of hydrogen-bond donors (Lipinski definition) is 1. The van der Waals surface area contributed by atoms with Gasteiger partial charge in [0.05, 0.1) is 11.4 Å². The van der Waals surface area contributed by atoms with Gasteiger partial charge in [0, 0.05) is 44.0 Å². The molecule has 0 unspecified atom stereocenters. The average molecular weight is 313 g/mol. The predicted molar refractivity (Wildman–Crippen MR) is 94.4 cm³/mol. The van der Waals surface area contributed by atoms with E-state index in [1.165, 1.54) is 24.1 Å². The lowest BCUT2D eigenvalue weighted by molar-refractivity contribution is 0.566. The van der Waals surface area contributed by atoms with Gasteiger partial charge in [0.1, 0.15) is 5.82 Å². The molecule has 1 saturated carbocycles. The molecule has 4 rings (SSSR count). The van der Waals surface area contributed by atoms with E-state index in [9.17, 15) is 4.39 Å². The van der Waals surface area contributed by atoms with Crippen molar-refractivity contribution >= 4 is 16.9 Å². The van der Waals surface area contributed by atoms with Crippen LogP contribution in [0.5, 0.6) is 0 Å². The number of rotatable bonds is 2. The molecule has 1 aliphatic carbocycles. The quantitative estimate of drug-likeness (QED) is 0.901. The van der Waals surface area contributed by atoms with Crippen LogP contribution in [0.15, 0.2) is 30.0 Å². The van der Waals surface area contributed by atoms with Crippen LogP contribution in [0.3, 0.4) is 0 Å². The molecule has 2 heterocycles. The van der Waals surface area contributed by atoms with E-state index in [2.05, 4.69) is 47.3 Å². The van der Waals surface area contributed by atoms with E-state index in [1.54, 1.807) is 6.07 Å². The molecule has 0 atom stereocenters. The number of fused-ring (bicyclic) bond motifs is 1. The van der Waals surface area contributed by atoms with Gasteiger partial charge in [0.25, 0.3) is 0 Å². The molecule has 2 aliphatic heterocycles. The summed E-state index contributed by atoms with van der Waals surface area (Å²) < 4.78 is 14.8. The zero-order valence-corrected chi connectivity index (χ0v) is 13.9. The Bertz CT molecular complexity index is 678. The van der Waals surface area contributed by atoms with Crippen LogP contribution in [-0.4, -0.2) is 32.2 Å². The van der Waals surface area contributed by atoms with E-state index in [0.29, 0.717) is 6.04 Å². The Morgan fingerprint density at radius 2 is 1.87 bits per heavy atom. The van der Waals surface area contributed by atoms with Crippen LogP contribution in [0, 0.1) is 5.82 Å². The first-order valence-electron chi connectivity index (χ1n) is 8.59.